The van der Waals surface area contributed by atoms with Crippen molar-refractivity contribution in [1.82, 2.24) is 14.8 Å². The molecule has 1 saturated carbocycles. The van der Waals surface area contributed by atoms with E-state index >= 15 is 0 Å². The second-order valence-electron chi connectivity index (χ2n) is 6.76. The largest absolute Gasteiger partial charge is 0.495 e. The summed E-state index contributed by atoms with van der Waals surface area (Å²) in [6.07, 6.45) is 4.71. The number of halogens is 1. The van der Waals surface area contributed by atoms with E-state index in [2.05, 4.69) is 25.0 Å². The first-order chi connectivity index (χ1) is 13.2. The molecule has 1 aliphatic carbocycles. The fourth-order valence-electron chi connectivity index (χ4n) is 3.22. The van der Waals surface area contributed by atoms with Crippen molar-refractivity contribution in [1.29, 1.82) is 0 Å². The van der Waals surface area contributed by atoms with Crippen LogP contribution in [0.2, 0.25) is 5.02 Å². The van der Waals surface area contributed by atoms with Crippen LogP contribution in [-0.2, 0) is 4.79 Å². The summed E-state index contributed by atoms with van der Waals surface area (Å²) in [5, 5.41) is 12.9. The van der Waals surface area contributed by atoms with E-state index in [1.54, 1.807) is 25.3 Å². The van der Waals surface area contributed by atoms with Gasteiger partial charge in [-0.25, -0.2) is 0 Å². The number of rotatable bonds is 7. The summed E-state index contributed by atoms with van der Waals surface area (Å²) in [6.45, 7) is 2.07. The molecule has 1 amide bonds. The van der Waals surface area contributed by atoms with Gasteiger partial charge in [-0.05, 0) is 43.9 Å². The van der Waals surface area contributed by atoms with Gasteiger partial charge in [-0.3, -0.25) is 9.36 Å². The number of benzene rings is 1. The summed E-state index contributed by atoms with van der Waals surface area (Å²) in [7, 11) is 1.56. The van der Waals surface area contributed by atoms with E-state index in [1.165, 1.54) is 24.6 Å². The first kappa shape index (κ1) is 18.4. The van der Waals surface area contributed by atoms with Crippen molar-refractivity contribution in [2.24, 2.45) is 0 Å². The second-order valence-corrected chi connectivity index (χ2v) is 8.11. The summed E-state index contributed by atoms with van der Waals surface area (Å²) in [4.78, 5) is 14.6. The number of carbonyl (C=O) groups excluding carboxylic acids is 1. The Balaban J connectivity index is 1.39. The van der Waals surface area contributed by atoms with Gasteiger partial charge in [-0.15, -0.1) is 10.2 Å². The Bertz CT molecular complexity index is 833. The van der Waals surface area contributed by atoms with Crippen LogP contribution in [0, 0.1) is 0 Å². The number of carbonyl (C=O) groups is 1. The molecule has 1 aliphatic heterocycles. The Kier molecular flexibility index (Phi) is 5.45. The van der Waals surface area contributed by atoms with Gasteiger partial charge in [0, 0.05) is 24.8 Å². The zero-order valence-electron chi connectivity index (χ0n) is 15.2. The van der Waals surface area contributed by atoms with Gasteiger partial charge in [0.15, 0.2) is 5.16 Å². The lowest BCUT2D eigenvalue weighted by Gasteiger charge is -2.17. The Labute approximate surface area is 167 Å². The maximum Gasteiger partial charge on any atom is 0.234 e. The molecule has 9 heteroatoms. The van der Waals surface area contributed by atoms with E-state index in [-0.39, 0.29) is 11.7 Å². The molecular formula is C18H22ClN5O2S. The molecule has 0 spiro atoms. The standard InChI is InChI=1S/C18H22ClN5O2S/c1-26-15-7-4-12(10-14(15)19)20-16(25)11-27-18-22-21-17(23-8-2-3-9-23)24(18)13-5-6-13/h4,7,10,13H,2-3,5-6,8-9,11H2,1H3,(H,20,25). The highest BCUT2D eigenvalue weighted by molar-refractivity contribution is 7.99. The maximum atomic E-state index is 12.3. The summed E-state index contributed by atoms with van der Waals surface area (Å²) in [6, 6.07) is 5.66. The second kappa shape index (κ2) is 7.98. The molecule has 144 valence electrons. The molecule has 0 bridgehead atoms. The third-order valence-corrected chi connectivity index (χ3v) is 5.95. The normalized spacial score (nSPS) is 16.6. The molecule has 1 saturated heterocycles. The number of nitrogens with zero attached hydrogens (tertiary/aromatic N) is 4. The fourth-order valence-corrected chi connectivity index (χ4v) is 4.28. The van der Waals surface area contributed by atoms with Gasteiger partial charge in [-0.1, -0.05) is 23.4 Å². The van der Waals surface area contributed by atoms with Crippen LogP contribution in [0.15, 0.2) is 23.4 Å². The fraction of sp³-hybridized carbons (Fsp3) is 0.500. The Hall–Kier alpha value is -1.93. The first-order valence-corrected chi connectivity index (χ1v) is 10.5. The van der Waals surface area contributed by atoms with Gasteiger partial charge in [-0.2, -0.15) is 0 Å². The number of amides is 1. The van der Waals surface area contributed by atoms with E-state index in [4.69, 9.17) is 16.3 Å². The molecule has 1 aromatic heterocycles. The molecule has 0 atom stereocenters. The lowest BCUT2D eigenvalue weighted by Crippen LogP contribution is -2.22. The summed E-state index contributed by atoms with van der Waals surface area (Å²) in [5.74, 6) is 1.71. The van der Waals surface area contributed by atoms with Crippen molar-refractivity contribution in [2.75, 3.05) is 36.2 Å². The van der Waals surface area contributed by atoms with E-state index in [0.29, 0.717) is 22.5 Å². The van der Waals surface area contributed by atoms with Gasteiger partial charge in [0.25, 0.3) is 0 Å². The number of nitrogens with one attached hydrogen (secondary N) is 1. The lowest BCUT2D eigenvalue weighted by atomic mass is 10.3. The molecule has 2 heterocycles. The van der Waals surface area contributed by atoms with E-state index in [9.17, 15) is 4.79 Å². The van der Waals surface area contributed by atoms with Crippen LogP contribution in [0.3, 0.4) is 0 Å². The molecule has 7 nitrogen and oxygen atoms in total. The molecule has 0 unspecified atom stereocenters. The monoisotopic (exact) mass is 407 g/mol. The molecule has 1 aromatic carbocycles. The molecule has 1 N–H and O–H groups in total. The minimum atomic E-state index is -0.102. The summed E-state index contributed by atoms with van der Waals surface area (Å²) < 4.78 is 7.34. The first-order valence-electron chi connectivity index (χ1n) is 9.12. The Morgan fingerprint density at radius 3 is 2.78 bits per heavy atom. The van der Waals surface area contributed by atoms with Crippen molar-refractivity contribution >= 4 is 40.9 Å². The van der Waals surface area contributed by atoms with Crippen molar-refractivity contribution < 1.29 is 9.53 Å². The highest BCUT2D eigenvalue weighted by Crippen LogP contribution is 2.41. The highest BCUT2D eigenvalue weighted by Gasteiger charge is 2.32. The molecular weight excluding hydrogens is 386 g/mol. The Morgan fingerprint density at radius 2 is 2.11 bits per heavy atom. The maximum absolute atomic E-state index is 12.3. The number of thioether (sulfide) groups is 1. The SMILES string of the molecule is COc1ccc(NC(=O)CSc2nnc(N3CCCC3)n2C2CC2)cc1Cl. The predicted molar refractivity (Wildman–Crippen MR) is 107 cm³/mol. The zero-order valence-corrected chi connectivity index (χ0v) is 16.7. The number of ether oxygens (including phenoxy) is 1. The summed E-state index contributed by atoms with van der Waals surface area (Å²) in [5.41, 5.74) is 0.646. The molecule has 4 rings (SSSR count). The topological polar surface area (TPSA) is 72.3 Å². The summed E-state index contributed by atoms with van der Waals surface area (Å²) >= 11 is 7.53. The van der Waals surface area contributed by atoms with Crippen molar-refractivity contribution in [2.45, 2.75) is 36.9 Å². The minimum Gasteiger partial charge on any atom is -0.495 e. The third kappa shape index (κ3) is 4.16. The lowest BCUT2D eigenvalue weighted by molar-refractivity contribution is -0.113. The van der Waals surface area contributed by atoms with Crippen LogP contribution >= 0.6 is 23.4 Å². The average Bonchev–Trinajstić information content (AvgIpc) is 3.18. The van der Waals surface area contributed by atoms with Gasteiger partial charge in [0.05, 0.1) is 17.9 Å². The van der Waals surface area contributed by atoms with E-state index in [1.807, 2.05) is 0 Å². The third-order valence-electron chi connectivity index (χ3n) is 4.72. The van der Waals surface area contributed by atoms with Gasteiger partial charge in [0.2, 0.25) is 11.9 Å². The molecule has 27 heavy (non-hydrogen) atoms. The molecule has 2 aliphatic rings. The van der Waals surface area contributed by atoms with E-state index < -0.39 is 0 Å². The van der Waals surface area contributed by atoms with Crippen LogP contribution in [0.1, 0.15) is 31.7 Å². The number of methoxy groups -OCH3 is 1. The van der Waals surface area contributed by atoms with Crippen molar-refractivity contribution in [3.05, 3.63) is 23.2 Å². The number of hydrogen-bond acceptors (Lipinski definition) is 6. The zero-order chi connectivity index (χ0) is 18.8. The smallest absolute Gasteiger partial charge is 0.234 e. The quantitative estimate of drug-likeness (QED) is 0.707. The molecule has 0 radical (unpaired) electrons. The molecule has 2 fully saturated rings. The molecule has 2 aromatic rings. The van der Waals surface area contributed by atoms with Crippen molar-refractivity contribution in [3.63, 3.8) is 0 Å². The van der Waals surface area contributed by atoms with Crippen LogP contribution in [-0.4, -0.2) is 46.6 Å². The Morgan fingerprint density at radius 1 is 1.33 bits per heavy atom. The van der Waals surface area contributed by atoms with Gasteiger partial charge < -0.3 is 15.0 Å². The van der Waals surface area contributed by atoms with Crippen LogP contribution in [0.25, 0.3) is 0 Å². The highest BCUT2D eigenvalue weighted by atomic mass is 35.5. The van der Waals surface area contributed by atoms with Crippen molar-refractivity contribution in [3.8, 4) is 5.75 Å². The minimum absolute atomic E-state index is 0.102. The van der Waals surface area contributed by atoms with Crippen LogP contribution < -0.4 is 15.0 Å². The van der Waals surface area contributed by atoms with Crippen LogP contribution in [0.5, 0.6) is 5.75 Å². The number of anilines is 2. The van der Waals surface area contributed by atoms with Crippen LogP contribution in [0.4, 0.5) is 11.6 Å². The van der Waals surface area contributed by atoms with Gasteiger partial charge >= 0.3 is 0 Å². The number of hydrogen-bond donors (Lipinski definition) is 1. The van der Waals surface area contributed by atoms with Gasteiger partial charge in [0.1, 0.15) is 5.75 Å². The average molecular weight is 408 g/mol. The van der Waals surface area contributed by atoms with E-state index in [0.717, 1.165) is 37.0 Å². The predicted octanol–water partition coefficient (Wildman–Crippen LogP) is 3.61. The number of aromatic nitrogens is 3.